The molecule has 0 fully saturated rings. The lowest BCUT2D eigenvalue weighted by Gasteiger charge is -2.01. The molecule has 5 heteroatoms. The lowest BCUT2D eigenvalue weighted by Crippen LogP contribution is -2.13. The number of aromatic nitrogens is 2. The second kappa shape index (κ2) is 6.71. The van der Waals surface area contributed by atoms with E-state index in [-0.39, 0.29) is 5.91 Å². The summed E-state index contributed by atoms with van der Waals surface area (Å²) < 4.78 is 0. The van der Waals surface area contributed by atoms with Gasteiger partial charge in [-0.15, -0.1) is 11.3 Å². The summed E-state index contributed by atoms with van der Waals surface area (Å²) in [6, 6.07) is 13.8. The van der Waals surface area contributed by atoms with Gasteiger partial charge in [-0.2, -0.15) is 0 Å². The van der Waals surface area contributed by atoms with Gasteiger partial charge in [0.05, 0.1) is 0 Å². The van der Waals surface area contributed by atoms with Gasteiger partial charge in [0.25, 0.3) is 5.91 Å². The number of thiazole rings is 1. The molecule has 0 aliphatic carbocycles. The van der Waals surface area contributed by atoms with Crippen molar-refractivity contribution in [2.75, 3.05) is 5.32 Å². The van der Waals surface area contributed by atoms with Crippen LogP contribution in [0.1, 0.15) is 32.2 Å². The highest BCUT2D eigenvalue weighted by Crippen LogP contribution is 2.21. The minimum absolute atomic E-state index is 0.232. The molecular formula is C18H17N3OS. The van der Waals surface area contributed by atoms with Crippen molar-refractivity contribution in [3.8, 4) is 0 Å². The SMILES string of the molecule is Cc1ccc(Cc2cnc(NC(=O)c3cccc(C)n3)s2)cc1. The van der Waals surface area contributed by atoms with Crippen LogP contribution in [-0.4, -0.2) is 15.9 Å². The number of nitrogens with one attached hydrogen (secondary N) is 1. The molecule has 1 aromatic carbocycles. The number of carbonyl (C=O) groups excluding carboxylic acids is 1. The van der Waals surface area contributed by atoms with Crippen LogP contribution in [0.3, 0.4) is 0 Å². The van der Waals surface area contributed by atoms with Crippen molar-refractivity contribution in [1.82, 2.24) is 9.97 Å². The number of aryl methyl sites for hydroxylation is 2. The Morgan fingerprint density at radius 2 is 1.91 bits per heavy atom. The molecule has 1 N–H and O–H groups in total. The van der Waals surface area contributed by atoms with Crippen LogP contribution in [-0.2, 0) is 6.42 Å². The largest absolute Gasteiger partial charge is 0.296 e. The predicted octanol–water partition coefficient (Wildman–Crippen LogP) is 4.00. The number of rotatable bonds is 4. The summed E-state index contributed by atoms with van der Waals surface area (Å²) in [7, 11) is 0. The third-order valence-electron chi connectivity index (χ3n) is 3.39. The quantitative estimate of drug-likeness (QED) is 0.789. The molecule has 2 aromatic heterocycles. The zero-order valence-corrected chi connectivity index (χ0v) is 13.9. The third kappa shape index (κ3) is 4.02. The van der Waals surface area contributed by atoms with Crippen LogP contribution in [0.15, 0.2) is 48.7 Å². The van der Waals surface area contributed by atoms with E-state index in [4.69, 9.17) is 0 Å². The highest BCUT2D eigenvalue weighted by Gasteiger charge is 2.10. The first-order chi connectivity index (χ1) is 11.1. The zero-order chi connectivity index (χ0) is 16.2. The second-order valence-corrected chi connectivity index (χ2v) is 6.53. The molecule has 4 nitrogen and oxygen atoms in total. The fourth-order valence-electron chi connectivity index (χ4n) is 2.18. The summed E-state index contributed by atoms with van der Waals surface area (Å²) in [5, 5.41) is 3.40. The number of anilines is 1. The van der Waals surface area contributed by atoms with Gasteiger partial charge >= 0.3 is 0 Å². The molecule has 3 aromatic rings. The predicted molar refractivity (Wildman–Crippen MR) is 93.0 cm³/mol. The topological polar surface area (TPSA) is 54.9 Å². The van der Waals surface area contributed by atoms with Crippen LogP contribution in [0, 0.1) is 13.8 Å². The second-order valence-electron chi connectivity index (χ2n) is 5.41. The average molecular weight is 323 g/mol. The van der Waals surface area contributed by atoms with Gasteiger partial charge in [-0.25, -0.2) is 9.97 Å². The van der Waals surface area contributed by atoms with E-state index in [1.165, 1.54) is 22.5 Å². The standard InChI is InChI=1S/C18H17N3OS/c1-12-6-8-14(9-7-12)10-15-11-19-18(23-15)21-17(22)16-5-3-4-13(2)20-16/h3-9,11H,10H2,1-2H3,(H,19,21,22). The maximum atomic E-state index is 12.2. The molecule has 1 amide bonds. The summed E-state index contributed by atoms with van der Waals surface area (Å²) in [6.07, 6.45) is 2.63. The van der Waals surface area contributed by atoms with Crippen LogP contribution in [0.4, 0.5) is 5.13 Å². The lowest BCUT2D eigenvalue weighted by atomic mass is 10.1. The minimum Gasteiger partial charge on any atom is -0.296 e. The molecule has 0 atom stereocenters. The van der Waals surface area contributed by atoms with Crippen LogP contribution >= 0.6 is 11.3 Å². The summed E-state index contributed by atoms with van der Waals surface area (Å²) in [4.78, 5) is 21.8. The van der Waals surface area contributed by atoms with Gasteiger partial charge in [-0.05, 0) is 31.5 Å². The Bertz CT molecular complexity index is 824. The van der Waals surface area contributed by atoms with E-state index in [1.807, 2.05) is 25.3 Å². The lowest BCUT2D eigenvalue weighted by molar-refractivity contribution is 0.102. The molecule has 0 spiro atoms. The zero-order valence-electron chi connectivity index (χ0n) is 13.0. The van der Waals surface area contributed by atoms with Crippen molar-refractivity contribution >= 4 is 22.4 Å². The van der Waals surface area contributed by atoms with Crippen molar-refractivity contribution in [2.24, 2.45) is 0 Å². The fraction of sp³-hybridized carbons (Fsp3) is 0.167. The molecule has 116 valence electrons. The summed E-state index contributed by atoms with van der Waals surface area (Å²) >= 11 is 1.49. The van der Waals surface area contributed by atoms with Crippen LogP contribution in [0.2, 0.25) is 0 Å². The number of nitrogens with zero attached hydrogens (tertiary/aromatic N) is 2. The van der Waals surface area contributed by atoms with E-state index in [9.17, 15) is 4.79 Å². The van der Waals surface area contributed by atoms with Crippen molar-refractivity contribution in [1.29, 1.82) is 0 Å². The van der Waals surface area contributed by atoms with Gasteiger partial charge in [0, 0.05) is 23.2 Å². The Morgan fingerprint density at radius 3 is 2.65 bits per heavy atom. The summed E-state index contributed by atoms with van der Waals surface area (Å²) in [6.45, 7) is 3.93. The molecule has 0 bridgehead atoms. The van der Waals surface area contributed by atoms with E-state index < -0.39 is 0 Å². The summed E-state index contributed by atoms with van der Waals surface area (Å²) in [5.74, 6) is -0.232. The van der Waals surface area contributed by atoms with Crippen molar-refractivity contribution in [3.05, 3.63) is 76.1 Å². The number of hydrogen-bond donors (Lipinski definition) is 1. The Balaban J connectivity index is 1.67. The van der Waals surface area contributed by atoms with Crippen LogP contribution in [0.25, 0.3) is 0 Å². The minimum atomic E-state index is -0.232. The highest BCUT2D eigenvalue weighted by molar-refractivity contribution is 7.15. The Hall–Kier alpha value is -2.53. The molecule has 0 aliphatic rings. The van der Waals surface area contributed by atoms with Crippen molar-refractivity contribution < 1.29 is 4.79 Å². The monoisotopic (exact) mass is 323 g/mol. The molecule has 0 saturated carbocycles. The van der Waals surface area contributed by atoms with E-state index >= 15 is 0 Å². The smallest absolute Gasteiger partial charge is 0.276 e. The van der Waals surface area contributed by atoms with Crippen LogP contribution < -0.4 is 5.32 Å². The van der Waals surface area contributed by atoms with Crippen molar-refractivity contribution in [3.63, 3.8) is 0 Å². The molecule has 0 aliphatic heterocycles. The molecule has 0 radical (unpaired) electrons. The van der Waals surface area contributed by atoms with Crippen molar-refractivity contribution in [2.45, 2.75) is 20.3 Å². The third-order valence-corrected chi connectivity index (χ3v) is 4.31. The van der Waals surface area contributed by atoms with E-state index in [0.717, 1.165) is 17.0 Å². The van der Waals surface area contributed by atoms with Crippen LogP contribution in [0.5, 0.6) is 0 Å². The van der Waals surface area contributed by atoms with E-state index in [2.05, 4.69) is 46.5 Å². The molecular weight excluding hydrogens is 306 g/mol. The Kier molecular flexibility index (Phi) is 4.48. The number of pyridine rings is 1. The first-order valence-corrected chi connectivity index (χ1v) is 8.17. The first kappa shape index (κ1) is 15.4. The highest BCUT2D eigenvalue weighted by atomic mass is 32.1. The number of amides is 1. The van der Waals surface area contributed by atoms with Gasteiger partial charge in [-0.1, -0.05) is 35.9 Å². The fourth-order valence-corrected chi connectivity index (χ4v) is 3.03. The first-order valence-electron chi connectivity index (χ1n) is 7.35. The maximum absolute atomic E-state index is 12.2. The molecule has 0 unspecified atom stereocenters. The molecule has 0 saturated heterocycles. The molecule has 3 rings (SSSR count). The molecule has 2 heterocycles. The van der Waals surface area contributed by atoms with Gasteiger partial charge in [-0.3, -0.25) is 10.1 Å². The maximum Gasteiger partial charge on any atom is 0.276 e. The van der Waals surface area contributed by atoms with Gasteiger partial charge < -0.3 is 0 Å². The normalized spacial score (nSPS) is 10.5. The number of hydrogen-bond acceptors (Lipinski definition) is 4. The summed E-state index contributed by atoms with van der Waals surface area (Å²) in [5.41, 5.74) is 3.70. The van der Waals surface area contributed by atoms with Gasteiger partial charge in [0.2, 0.25) is 0 Å². The average Bonchev–Trinajstić information content (AvgIpc) is 2.96. The molecule has 23 heavy (non-hydrogen) atoms. The number of carbonyl (C=O) groups is 1. The Labute approximate surface area is 139 Å². The van der Waals surface area contributed by atoms with Gasteiger partial charge in [0.15, 0.2) is 5.13 Å². The van der Waals surface area contributed by atoms with E-state index in [0.29, 0.717) is 10.8 Å². The van der Waals surface area contributed by atoms with Gasteiger partial charge in [0.1, 0.15) is 5.69 Å². The van der Waals surface area contributed by atoms with E-state index in [1.54, 1.807) is 6.07 Å². The number of benzene rings is 1. The Morgan fingerprint density at radius 1 is 1.13 bits per heavy atom.